The van der Waals surface area contributed by atoms with E-state index in [0.29, 0.717) is 6.04 Å². The van der Waals surface area contributed by atoms with Crippen molar-refractivity contribution < 1.29 is 4.79 Å². The second-order valence-electron chi connectivity index (χ2n) is 5.98. The summed E-state index contributed by atoms with van der Waals surface area (Å²) in [6, 6.07) is 9.81. The molecule has 1 aliphatic heterocycles. The van der Waals surface area contributed by atoms with Crippen molar-refractivity contribution in [2.75, 3.05) is 39.3 Å². The summed E-state index contributed by atoms with van der Waals surface area (Å²) >= 11 is 0. The number of piperidine rings is 1. The van der Waals surface area contributed by atoms with Crippen LogP contribution in [-0.2, 0) is 0 Å². The van der Waals surface area contributed by atoms with E-state index in [4.69, 9.17) is 0 Å². The molecule has 122 valence electrons. The van der Waals surface area contributed by atoms with Gasteiger partial charge in [-0.3, -0.25) is 4.79 Å². The number of carbonyl (C=O) groups excluding carboxylic acids is 1. The largest absolute Gasteiger partial charge is 0.349 e. The molecule has 1 amide bonds. The number of rotatable bonds is 7. The lowest BCUT2D eigenvalue weighted by Crippen LogP contribution is -2.46. The Morgan fingerprint density at radius 2 is 1.82 bits per heavy atom. The number of hydrogen-bond donors (Lipinski definition) is 1. The van der Waals surface area contributed by atoms with E-state index in [0.717, 1.165) is 57.7 Å². The van der Waals surface area contributed by atoms with Gasteiger partial charge in [0.05, 0.1) is 0 Å². The second kappa shape index (κ2) is 8.91. The lowest BCUT2D eigenvalue weighted by atomic mass is 10.0. The minimum atomic E-state index is 0.0576. The minimum absolute atomic E-state index is 0.0576. The first-order valence-corrected chi connectivity index (χ1v) is 8.53. The van der Waals surface area contributed by atoms with Crippen molar-refractivity contribution in [2.45, 2.75) is 32.7 Å². The van der Waals surface area contributed by atoms with Crippen molar-refractivity contribution in [2.24, 2.45) is 0 Å². The number of benzene rings is 1. The van der Waals surface area contributed by atoms with Gasteiger partial charge in [0, 0.05) is 37.8 Å². The molecule has 4 heteroatoms. The first-order valence-electron chi connectivity index (χ1n) is 8.53. The molecule has 0 radical (unpaired) electrons. The first-order chi connectivity index (χ1) is 10.7. The van der Waals surface area contributed by atoms with E-state index in [1.54, 1.807) is 0 Å². The fourth-order valence-electron chi connectivity index (χ4n) is 2.98. The maximum atomic E-state index is 12.2. The van der Waals surface area contributed by atoms with Gasteiger partial charge in [0.15, 0.2) is 0 Å². The Labute approximate surface area is 134 Å². The van der Waals surface area contributed by atoms with Crippen LogP contribution in [0.5, 0.6) is 0 Å². The summed E-state index contributed by atoms with van der Waals surface area (Å²) in [7, 11) is 0. The Morgan fingerprint density at radius 3 is 2.41 bits per heavy atom. The monoisotopic (exact) mass is 303 g/mol. The Balaban J connectivity index is 1.70. The van der Waals surface area contributed by atoms with Crippen molar-refractivity contribution in [1.82, 2.24) is 15.1 Å². The quantitative estimate of drug-likeness (QED) is 0.839. The molecule has 1 N–H and O–H groups in total. The van der Waals surface area contributed by atoms with Crippen LogP contribution in [0.4, 0.5) is 0 Å². The van der Waals surface area contributed by atoms with Gasteiger partial charge in [-0.15, -0.1) is 0 Å². The van der Waals surface area contributed by atoms with Gasteiger partial charge in [-0.1, -0.05) is 32.0 Å². The molecular weight excluding hydrogens is 274 g/mol. The zero-order valence-corrected chi connectivity index (χ0v) is 13.9. The summed E-state index contributed by atoms with van der Waals surface area (Å²) in [6.07, 6.45) is 2.10. The highest BCUT2D eigenvalue weighted by atomic mass is 16.1. The third kappa shape index (κ3) is 5.11. The van der Waals surface area contributed by atoms with Crippen LogP contribution in [0.3, 0.4) is 0 Å². The van der Waals surface area contributed by atoms with E-state index in [1.165, 1.54) is 0 Å². The molecule has 0 aliphatic carbocycles. The van der Waals surface area contributed by atoms with E-state index in [1.807, 2.05) is 30.3 Å². The standard InChI is InChI=1S/C18H29N3O/c1-3-20(4-2)14-15-21-12-10-17(11-13-21)19-18(22)16-8-6-5-7-9-16/h5-9,17H,3-4,10-15H2,1-2H3,(H,19,22). The zero-order chi connectivity index (χ0) is 15.8. The Hall–Kier alpha value is -1.39. The number of nitrogens with one attached hydrogen (secondary N) is 1. The third-order valence-corrected chi connectivity index (χ3v) is 4.59. The highest BCUT2D eigenvalue weighted by Crippen LogP contribution is 2.11. The molecule has 1 saturated heterocycles. The molecule has 1 aromatic carbocycles. The second-order valence-corrected chi connectivity index (χ2v) is 5.98. The molecule has 0 aromatic heterocycles. The normalized spacial score (nSPS) is 16.9. The van der Waals surface area contributed by atoms with E-state index >= 15 is 0 Å². The molecule has 1 aliphatic rings. The number of likely N-dealkylation sites (tertiary alicyclic amines) is 1. The lowest BCUT2D eigenvalue weighted by molar-refractivity contribution is 0.0907. The van der Waals surface area contributed by atoms with E-state index in [-0.39, 0.29) is 5.91 Å². The first kappa shape index (κ1) is 17.0. The SMILES string of the molecule is CCN(CC)CCN1CCC(NC(=O)c2ccccc2)CC1. The number of likely N-dealkylation sites (N-methyl/N-ethyl adjacent to an activating group) is 1. The van der Waals surface area contributed by atoms with Crippen LogP contribution in [0.25, 0.3) is 0 Å². The minimum Gasteiger partial charge on any atom is -0.349 e. The summed E-state index contributed by atoms with van der Waals surface area (Å²) in [5.74, 6) is 0.0576. The van der Waals surface area contributed by atoms with Crippen LogP contribution in [0.1, 0.15) is 37.0 Å². The van der Waals surface area contributed by atoms with Crippen molar-refractivity contribution in [1.29, 1.82) is 0 Å². The van der Waals surface area contributed by atoms with Gasteiger partial charge in [-0.2, -0.15) is 0 Å². The molecule has 0 spiro atoms. The molecule has 1 heterocycles. The Kier molecular flexibility index (Phi) is 6.87. The molecule has 0 saturated carbocycles. The average Bonchev–Trinajstić information content (AvgIpc) is 2.58. The fourth-order valence-corrected chi connectivity index (χ4v) is 2.98. The summed E-state index contributed by atoms with van der Waals surface area (Å²) < 4.78 is 0. The highest BCUT2D eigenvalue weighted by Gasteiger charge is 2.21. The molecule has 22 heavy (non-hydrogen) atoms. The van der Waals surface area contributed by atoms with Crippen LogP contribution >= 0.6 is 0 Å². The van der Waals surface area contributed by atoms with Crippen molar-refractivity contribution in [3.63, 3.8) is 0 Å². The topological polar surface area (TPSA) is 35.6 Å². The Morgan fingerprint density at radius 1 is 1.18 bits per heavy atom. The summed E-state index contributed by atoms with van der Waals surface area (Å²) in [5.41, 5.74) is 0.756. The van der Waals surface area contributed by atoms with E-state index in [9.17, 15) is 4.79 Å². The van der Waals surface area contributed by atoms with Crippen molar-refractivity contribution in [3.8, 4) is 0 Å². The molecule has 4 nitrogen and oxygen atoms in total. The van der Waals surface area contributed by atoms with Crippen LogP contribution in [0.2, 0.25) is 0 Å². The number of carbonyl (C=O) groups is 1. The molecule has 0 bridgehead atoms. The lowest BCUT2D eigenvalue weighted by Gasteiger charge is -2.33. The van der Waals surface area contributed by atoms with Crippen LogP contribution in [0, 0.1) is 0 Å². The zero-order valence-electron chi connectivity index (χ0n) is 13.9. The fraction of sp³-hybridized carbons (Fsp3) is 0.611. The van der Waals surface area contributed by atoms with Gasteiger partial charge in [0.25, 0.3) is 5.91 Å². The summed E-state index contributed by atoms with van der Waals surface area (Å²) in [6.45, 7) is 11.1. The maximum Gasteiger partial charge on any atom is 0.251 e. The highest BCUT2D eigenvalue weighted by molar-refractivity contribution is 5.94. The van der Waals surface area contributed by atoms with Gasteiger partial charge in [-0.25, -0.2) is 0 Å². The summed E-state index contributed by atoms with van der Waals surface area (Å²) in [4.78, 5) is 17.1. The molecule has 1 fully saturated rings. The Bertz CT molecular complexity index is 437. The number of nitrogens with zero attached hydrogens (tertiary/aromatic N) is 2. The molecule has 0 atom stereocenters. The van der Waals surface area contributed by atoms with Gasteiger partial charge in [-0.05, 0) is 38.1 Å². The van der Waals surface area contributed by atoms with Crippen LogP contribution < -0.4 is 5.32 Å². The average molecular weight is 303 g/mol. The van der Waals surface area contributed by atoms with Crippen LogP contribution in [0.15, 0.2) is 30.3 Å². The maximum absolute atomic E-state index is 12.2. The predicted molar refractivity (Wildman–Crippen MR) is 91.2 cm³/mol. The van der Waals surface area contributed by atoms with Gasteiger partial charge < -0.3 is 15.1 Å². The van der Waals surface area contributed by atoms with E-state index in [2.05, 4.69) is 29.0 Å². The molecule has 2 rings (SSSR count). The predicted octanol–water partition coefficient (Wildman–Crippen LogP) is 2.22. The summed E-state index contributed by atoms with van der Waals surface area (Å²) in [5, 5.41) is 3.17. The number of hydrogen-bond acceptors (Lipinski definition) is 3. The molecule has 1 aromatic rings. The molecule has 0 unspecified atom stereocenters. The van der Waals surface area contributed by atoms with Gasteiger partial charge in [0.1, 0.15) is 0 Å². The van der Waals surface area contributed by atoms with Crippen molar-refractivity contribution >= 4 is 5.91 Å². The van der Waals surface area contributed by atoms with E-state index < -0.39 is 0 Å². The van der Waals surface area contributed by atoms with Gasteiger partial charge >= 0.3 is 0 Å². The van der Waals surface area contributed by atoms with Crippen molar-refractivity contribution in [3.05, 3.63) is 35.9 Å². The third-order valence-electron chi connectivity index (χ3n) is 4.59. The van der Waals surface area contributed by atoms with Crippen LogP contribution in [-0.4, -0.2) is 61.0 Å². The number of amides is 1. The van der Waals surface area contributed by atoms with Gasteiger partial charge in [0.2, 0.25) is 0 Å². The smallest absolute Gasteiger partial charge is 0.251 e. The molecular formula is C18H29N3O.